The molecule has 0 radical (unpaired) electrons. The molecular formula is C7H9N5O. The lowest BCUT2D eigenvalue weighted by Crippen LogP contribution is -2.15. The number of nitrogens with zero attached hydrogens (tertiary/aromatic N) is 3. The average Bonchev–Trinajstić information content (AvgIpc) is 2.44. The molecule has 6 heteroatoms. The van der Waals surface area contributed by atoms with Crippen molar-refractivity contribution in [2.75, 3.05) is 5.73 Å². The molecule has 13 heavy (non-hydrogen) atoms. The van der Waals surface area contributed by atoms with Crippen molar-refractivity contribution in [1.29, 1.82) is 0 Å². The van der Waals surface area contributed by atoms with Crippen LogP contribution in [0, 0.1) is 6.92 Å². The summed E-state index contributed by atoms with van der Waals surface area (Å²) in [6.45, 7) is 1.77. The highest BCUT2D eigenvalue weighted by Gasteiger charge is 2.08. The number of hydrogen-bond acceptors (Lipinski definition) is 4. The lowest BCUT2D eigenvalue weighted by atomic mass is 10.5. The van der Waals surface area contributed by atoms with Gasteiger partial charge in [0, 0.05) is 7.05 Å². The highest BCUT2D eigenvalue weighted by Crippen LogP contribution is 2.07. The van der Waals surface area contributed by atoms with Gasteiger partial charge in [0.05, 0.1) is 0 Å². The molecule has 0 amide bonds. The summed E-state index contributed by atoms with van der Waals surface area (Å²) in [5.74, 6) is 0.846. The van der Waals surface area contributed by atoms with E-state index in [-0.39, 0.29) is 11.5 Å². The van der Waals surface area contributed by atoms with Crippen LogP contribution in [0.4, 0.5) is 5.95 Å². The number of aryl methyl sites for hydroxylation is 2. The Bertz CT molecular complexity index is 523. The summed E-state index contributed by atoms with van der Waals surface area (Å²) >= 11 is 0. The zero-order valence-electron chi connectivity index (χ0n) is 7.33. The van der Waals surface area contributed by atoms with Crippen LogP contribution in [0.5, 0.6) is 0 Å². The van der Waals surface area contributed by atoms with Gasteiger partial charge in [0.25, 0.3) is 0 Å². The Balaban J connectivity index is 3.04. The number of nitrogens with two attached hydrogens (primary N) is 1. The van der Waals surface area contributed by atoms with Gasteiger partial charge >= 0.3 is 5.56 Å². The maximum atomic E-state index is 11.3. The molecule has 2 heterocycles. The minimum Gasteiger partial charge on any atom is -0.369 e. The molecule has 0 saturated carbocycles. The van der Waals surface area contributed by atoms with Crippen molar-refractivity contribution >= 4 is 17.1 Å². The van der Waals surface area contributed by atoms with Crippen LogP contribution in [0.2, 0.25) is 0 Å². The molecule has 68 valence electrons. The summed E-state index contributed by atoms with van der Waals surface area (Å²) in [4.78, 5) is 21.9. The zero-order chi connectivity index (χ0) is 9.59. The fourth-order valence-corrected chi connectivity index (χ4v) is 1.21. The van der Waals surface area contributed by atoms with Crippen LogP contribution in [0.15, 0.2) is 4.79 Å². The summed E-state index contributed by atoms with van der Waals surface area (Å²) in [6.07, 6.45) is 0. The number of H-pyrrole nitrogens is 1. The lowest BCUT2D eigenvalue weighted by Gasteiger charge is -2.00. The number of anilines is 1. The third kappa shape index (κ3) is 0.986. The predicted molar refractivity (Wildman–Crippen MR) is 48.3 cm³/mol. The fourth-order valence-electron chi connectivity index (χ4n) is 1.21. The van der Waals surface area contributed by atoms with E-state index in [1.54, 1.807) is 18.5 Å². The van der Waals surface area contributed by atoms with Gasteiger partial charge in [0.2, 0.25) is 5.95 Å². The Labute approximate surface area is 73.4 Å². The molecule has 0 aliphatic rings. The second kappa shape index (κ2) is 2.32. The molecule has 0 fully saturated rings. The first kappa shape index (κ1) is 7.78. The van der Waals surface area contributed by atoms with Gasteiger partial charge in [-0.1, -0.05) is 0 Å². The molecule has 0 spiro atoms. The topological polar surface area (TPSA) is 89.6 Å². The number of nitrogens with one attached hydrogen (secondary N) is 1. The number of aromatic amines is 1. The molecule has 2 aromatic rings. The van der Waals surface area contributed by atoms with E-state index >= 15 is 0 Å². The summed E-state index contributed by atoms with van der Waals surface area (Å²) in [5, 5.41) is 0. The van der Waals surface area contributed by atoms with Crippen molar-refractivity contribution in [1.82, 2.24) is 19.5 Å². The first-order valence-corrected chi connectivity index (χ1v) is 3.78. The minimum atomic E-state index is -0.369. The normalized spacial score (nSPS) is 10.9. The van der Waals surface area contributed by atoms with E-state index in [2.05, 4.69) is 15.0 Å². The molecule has 0 bridgehead atoms. The van der Waals surface area contributed by atoms with Crippen LogP contribution in [0.25, 0.3) is 11.2 Å². The van der Waals surface area contributed by atoms with Gasteiger partial charge in [-0.25, -0.2) is 4.98 Å². The standard InChI is InChI=1S/C7H9N5O/c1-3-9-4-5(10-3)12(2)7(8)11-6(4)13/h1-2H3,(H,9,10)(H2,8,11,13). The second-order valence-corrected chi connectivity index (χ2v) is 2.85. The van der Waals surface area contributed by atoms with E-state index in [0.717, 1.165) is 0 Å². The smallest absolute Gasteiger partial charge is 0.300 e. The molecule has 2 rings (SSSR count). The SMILES string of the molecule is Cc1nc2c([nH]1)c(=O)nc(N)n2C. The van der Waals surface area contributed by atoms with Crippen molar-refractivity contribution in [2.24, 2.45) is 7.05 Å². The minimum absolute atomic E-state index is 0.170. The Kier molecular flexibility index (Phi) is 1.39. The third-order valence-electron chi connectivity index (χ3n) is 1.89. The van der Waals surface area contributed by atoms with E-state index in [1.165, 1.54) is 0 Å². The maximum absolute atomic E-state index is 11.3. The van der Waals surface area contributed by atoms with Gasteiger partial charge in [0.15, 0.2) is 11.2 Å². The average molecular weight is 179 g/mol. The van der Waals surface area contributed by atoms with Crippen LogP contribution >= 0.6 is 0 Å². The number of nitrogen functional groups attached to an aromatic ring is 1. The molecule has 2 aromatic heterocycles. The van der Waals surface area contributed by atoms with Gasteiger partial charge in [-0.05, 0) is 6.92 Å². The Morgan fingerprint density at radius 2 is 2.15 bits per heavy atom. The molecule has 0 atom stereocenters. The number of rotatable bonds is 0. The number of aromatic nitrogens is 4. The Hall–Kier alpha value is -1.85. The van der Waals surface area contributed by atoms with Crippen LogP contribution in [-0.2, 0) is 7.05 Å². The monoisotopic (exact) mass is 179 g/mol. The molecule has 3 N–H and O–H groups in total. The molecule has 0 unspecified atom stereocenters. The van der Waals surface area contributed by atoms with Gasteiger partial charge in [-0.2, -0.15) is 4.98 Å². The van der Waals surface area contributed by atoms with Crippen molar-refractivity contribution in [3.63, 3.8) is 0 Å². The van der Waals surface area contributed by atoms with Crippen LogP contribution in [-0.4, -0.2) is 19.5 Å². The number of hydrogen-bond donors (Lipinski definition) is 2. The summed E-state index contributed by atoms with van der Waals surface area (Å²) in [6, 6.07) is 0. The van der Waals surface area contributed by atoms with Crippen molar-refractivity contribution in [2.45, 2.75) is 6.92 Å². The predicted octanol–water partition coefficient (Wildman–Crippen LogP) is -0.453. The number of imidazole rings is 1. The van der Waals surface area contributed by atoms with Gasteiger partial charge < -0.3 is 10.7 Å². The summed E-state index contributed by atoms with van der Waals surface area (Å²) < 4.78 is 1.57. The lowest BCUT2D eigenvalue weighted by molar-refractivity contribution is 0.906. The van der Waals surface area contributed by atoms with Crippen LogP contribution < -0.4 is 11.3 Å². The van der Waals surface area contributed by atoms with E-state index < -0.39 is 0 Å². The molecular weight excluding hydrogens is 170 g/mol. The largest absolute Gasteiger partial charge is 0.369 e. The first-order chi connectivity index (χ1) is 6.09. The van der Waals surface area contributed by atoms with Crippen molar-refractivity contribution < 1.29 is 0 Å². The third-order valence-corrected chi connectivity index (χ3v) is 1.89. The van der Waals surface area contributed by atoms with Crippen molar-refractivity contribution in [3.05, 3.63) is 16.2 Å². The molecule has 6 nitrogen and oxygen atoms in total. The van der Waals surface area contributed by atoms with Gasteiger partial charge in [0.1, 0.15) is 5.82 Å². The zero-order valence-corrected chi connectivity index (χ0v) is 7.33. The highest BCUT2D eigenvalue weighted by molar-refractivity contribution is 5.71. The second-order valence-electron chi connectivity index (χ2n) is 2.85. The maximum Gasteiger partial charge on any atom is 0.300 e. The van der Waals surface area contributed by atoms with Gasteiger partial charge in [-0.3, -0.25) is 9.36 Å². The summed E-state index contributed by atoms with van der Waals surface area (Å²) in [7, 11) is 1.71. The quantitative estimate of drug-likeness (QED) is 0.573. The molecule has 0 saturated heterocycles. The van der Waals surface area contributed by atoms with Crippen molar-refractivity contribution in [3.8, 4) is 0 Å². The van der Waals surface area contributed by atoms with E-state index in [4.69, 9.17) is 5.73 Å². The van der Waals surface area contributed by atoms with E-state index in [0.29, 0.717) is 17.0 Å². The van der Waals surface area contributed by atoms with E-state index in [1.807, 2.05) is 0 Å². The van der Waals surface area contributed by atoms with Crippen LogP contribution in [0.1, 0.15) is 5.82 Å². The molecule has 0 aromatic carbocycles. The highest BCUT2D eigenvalue weighted by atomic mass is 16.1. The number of fused-ring (bicyclic) bond motifs is 1. The van der Waals surface area contributed by atoms with Crippen LogP contribution in [0.3, 0.4) is 0 Å². The molecule has 0 aliphatic carbocycles. The van der Waals surface area contributed by atoms with Gasteiger partial charge in [-0.15, -0.1) is 0 Å². The first-order valence-electron chi connectivity index (χ1n) is 3.78. The Morgan fingerprint density at radius 1 is 1.46 bits per heavy atom. The fraction of sp³-hybridized carbons (Fsp3) is 0.286. The molecule has 0 aliphatic heterocycles. The van der Waals surface area contributed by atoms with E-state index in [9.17, 15) is 4.79 Å². The summed E-state index contributed by atoms with van der Waals surface area (Å²) in [5.41, 5.74) is 6.06. The Morgan fingerprint density at radius 3 is 2.85 bits per heavy atom.